The molecule has 2 amide bonds. The highest BCUT2D eigenvalue weighted by molar-refractivity contribution is 6.03. The van der Waals surface area contributed by atoms with Crippen LogP contribution in [-0.2, 0) is 6.18 Å². The van der Waals surface area contributed by atoms with Crippen LogP contribution in [0.2, 0.25) is 0 Å². The average Bonchev–Trinajstić information content (AvgIpc) is 3.31. The number of halogens is 6. The zero-order valence-electron chi connectivity index (χ0n) is 17.6. The lowest BCUT2D eigenvalue weighted by Gasteiger charge is -2.35. The van der Waals surface area contributed by atoms with Gasteiger partial charge in [0.15, 0.2) is 11.6 Å². The molecule has 0 saturated heterocycles. The number of aromatic nitrogens is 2. The molecule has 2 N–H and O–H groups in total. The van der Waals surface area contributed by atoms with E-state index in [9.17, 15) is 36.4 Å². The molecule has 184 valence electrons. The molecule has 2 aromatic heterocycles. The van der Waals surface area contributed by atoms with Crippen LogP contribution in [0, 0.1) is 18.3 Å². The molecule has 4 rings (SSSR count). The Balaban J connectivity index is 1.69. The van der Waals surface area contributed by atoms with Crippen molar-refractivity contribution in [3.8, 4) is 11.8 Å². The van der Waals surface area contributed by atoms with Crippen LogP contribution in [0.1, 0.15) is 16.8 Å². The summed E-state index contributed by atoms with van der Waals surface area (Å²) in [5.41, 5.74) is 0.370. The normalized spacial score (nSPS) is 17.6. The maximum absolute atomic E-state index is 13.6. The Kier molecular flexibility index (Phi) is 5.88. The Hall–Kier alpha value is -4.13. The minimum Gasteiger partial charge on any atom is -0.475 e. The molecule has 0 spiro atoms. The number of ether oxygens (including phenoxy) is 1. The second kappa shape index (κ2) is 8.58. The molecule has 0 radical (unpaired) electrons. The Labute approximate surface area is 192 Å². The molecule has 0 saturated carbocycles. The number of carbonyl (C=O) groups is 1. The van der Waals surface area contributed by atoms with Gasteiger partial charge in [-0.1, -0.05) is 0 Å². The summed E-state index contributed by atoms with van der Waals surface area (Å²) < 4.78 is 86.3. The number of nitriles is 1. The van der Waals surface area contributed by atoms with E-state index in [1.54, 1.807) is 6.07 Å². The van der Waals surface area contributed by atoms with Gasteiger partial charge < -0.3 is 10.1 Å². The number of alkyl halides is 6. The number of hydrogen-bond acceptors (Lipinski definition) is 8. The maximum atomic E-state index is 13.6. The number of pyridine rings is 2. The van der Waals surface area contributed by atoms with Gasteiger partial charge in [-0.25, -0.2) is 15.2 Å². The molecule has 2 aliphatic rings. The van der Waals surface area contributed by atoms with Gasteiger partial charge in [-0.3, -0.25) is 9.88 Å². The van der Waals surface area contributed by atoms with Crippen LogP contribution in [0.4, 0.5) is 48.3 Å². The van der Waals surface area contributed by atoms with E-state index in [1.165, 1.54) is 13.1 Å². The fourth-order valence-corrected chi connectivity index (χ4v) is 3.34. The first kappa shape index (κ1) is 24.0. The molecule has 1 atom stereocenters. The number of aryl methyl sites for hydroxylation is 1. The first-order valence-corrected chi connectivity index (χ1v) is 9.75. The zero-order valence-corrected chi connectivity index (χ0v) is 17.6. The third kappa shape index (κ3) is 4.62. The number of nitrogens with zero attached hydrogens (tertiary/aromatic N) is 6. The monoisotopic (exact) mass is 500 g/mol. The summed E-state index contributed by atoms with van der Waals surface area (Å²) in [5, 5.41) is 16.0. The molecule has 35 heavy (non-hydrogen) atoms. The third-order valence-corrected chi connectivity index (χ3v) is 4.98. The molecule has 0 bridgehead atoms. The number of amides is 2. The highest BCUT2D eigenvalue weighted by Gasteiger charge is 2.48. The molecule has 1 unspecified atom stereocenters. The highest BCUT2D eigenvalue weighted by atomic mass is 19.4. The number of anilines is 3. The van der Waals surface area contributed by atoms with Crippen molar-refractivity contribution < 1.29 is 35.9 Å². The third-order valence-electron chi connectivity index (χ3n) is 4.98. The number of carbonyl (C=O) groups excluding carboxylic acids is 1. The van der Waals surface area contributed by atoms with Gasteiger partial charge in [0.25, 0.3) is 0 Å². The van der Waals surface area contributed by atoms with Crippen molar-refractivity contribution in [2.45, 2.75) is 25.4 Å². The molecule has 16 heteroatoms. The van der Waals surface area contributed by atoms with Crippen LogP contribution in [0.15, 0.2) is 23.6 Å². The topological polar surface area (TPSA) is 119 Å². The Morgan fingerprint density at radius 3 is 2.60 bits per heavy atom. The molecule has 0 aliphatic carbocycles. The summed E-state index contributed by atoms with van der Waals surface area (Å²) >= 11 is 0. The number of urea groups is 1. The second-order valence-electron chi connectivity index (χ2n) is 7.30. The van der Waals surface area contributed by atoms with Crippen LogP contribution >= 0.6 is 0 Å². The van der Waals surface area contributed by atoms with Crippen LogP contribution < -0.4 is 25.5 Å². The van der Waals surface area contributed by atoms with Crippen molar-refractivity contribution in [3.05, 3.63) is 35.3 Å². The van der Waals surface area contributed by atoms with Gasteiger partial charge in [-0.15, -0.1) is 0 Å². The van der Waals surface area contributed by atoms with Gasteiger partial charge in [-0.2, -0.15) is 41.8 Å². The Bertz CT molecular complexity index is 1240. The van der Waals surface area contributed by atoms with Crippen molar-refractivity contribution in [3.63, 3.8) is 0 Å². The fraction of sp³-hybridized carbons (Fsp3) is 0.316. The van der Waals surface area contributed by atoms with Crippen molar-refractivity contribution >= 4 is 29.4 Å². The van der Waals surface area contributed by atoms with E-state index in [-0.39, 0.29) is 23.5 Å². The van der Waals surface area contributed by atoms with Crippen LogP contribution in [-0.4, -0.2) is 47.6 Å². The van der Waals surface area contributed by atoms with Gasteiger partial charge in [0.05, 0.1) is 36.9 Å². The predicted molar refractivity (Wildman–Crippen MR) is 109 cm³/mol. The van der Waals surface area contributed by atoms with Crippen LogP contribution in [0.3, 0.4) is 0 Å². The van der Waals surface area contributed by atoms with Gasteiger partial charge >= 0.3 is 18.4 Å². The SMILES string of the molecule is Cc1ncc2c(c1C#N)OC(C(F)(F)F)CN2C(=O)Nc1cnc(N2N=CCN2)c(C(F)(F)F)c1. The lowest BCUT2D eigenvalue weighted by molar-refractivity contribution is -0.193. The van der Waals surface area contributed by atoms with Crippen molar-refractivity contribution in [1.82, 2.24) is 15.4 Å². The maximum Gasteiger partial charge on any atom is 0.427 e. The average molecular weight is 500 g/mol. The number of nitrogens with one attached hydrogen (secondary N) is 2. The van der Waals surface area contributed by atoms with Gasteiger partial charge in [-0.05, 0) is 13.0 Å². The van der Waals surface area contributed by atoms with Gasteiger partial charge in [0, 0.05) is 6.21 Å². The first-order chi connectivity index (χ1) is 16.4. The van der Waals surface area contributed by atoms with E-state index < -0.39 is 53.9 Å². The summed E-state index contributed by atoms with van der Waals surface area (Å²) in [4.78, 5) is 21.1. The van der Waals surface area contributed by atoms with Gasteiger partial charge in [0.2, 0.25) is 6.10 Å². The smallest absolute Gasteiger partial charge is 0.427 e. The summed E-state index contributed by atoms with van der Waals surface area (Å²) in [6, 6.07) is 1.06. The van der Waals surface area contributed by atoms with E-state index in [2.05, 4.69) is 25.8 Å². The predicted octanol–water partition coefficient (Wildman–Crippen LogP) is 3.35. The number of fused-ring (bicyclic) bond motifs is 1. The molecular formula is C19H14F6N8O2. The fourth-order valence-electron chi connectivity index (χ4n) is 3.34. The van der Waals surface area contributed by atoms with E-state index >= 15 is 0 Å². The van der Waals surface area contributed by atoms with Crippen molar-refractivity contribution in [1.29, 1.82) is 5.26 Å². The number of hydrazone groups is 1. The van der Waals surface area contributed by atoms with Crippen molar-refractivity contribution in [2.24, 2.45) is 5.10 Å². The lowest BCUT2D eigenvalue weighted by Crippen LogP contribution is -2.51. The minimum atomic E-state index is -4.91. The van der Waals surface area contributed by atoms with Crippen LogP contribution in [0.25, 0.3) is 0 Å². The molecule has 10 nitrogen and oxygen atoms in total. The lowest BCUT2D eigenvalue weighted by atomic mass is 10.1. The number of rotatable bonds is 2. The van der Waals surface area contributed by atoms with Gasteiger partial charge in [0.1, 0.15) is 22.9 Å². The van der Waals surface area contributed by atoms with Crippen LogP contribution in [0.5, 0.6) is 5.75 Å². The van der Waals surface area contributed by atoms with Crippen molar-refractivity contribution in [2.75, 3.05) is 28.4 Å². The second-order valence-corrected chi connectivity index (χ2v) is 7.30. The quantitative estimate of drug-likeness (QED) is 0.607. The summed E-state index contributed by atoms with van der Waals surface area (Å²) in [7, 11) is 0. The summed E-state index contributed by atoms with van der Waals surface area (Å²) in [6.07, 6.45) is -9.03. The Morgan fingerprint density at radius 1 is 1.26 bits per heavy atom. The minimum absolute atomic E-state index is 0.0715. The standard InChI is InChI=1S/C19H14F6N8O2/c1-9-11(5-26)15-13(7-27-9)32(8-14(35-15)19(23,24)25)17(34)31-10-4-12(18(20,21)22)16(28-6-10)33-29-2-3-30-33/h2,4,6-7,14,30H,3,8H2,1H3,(H,31,34). The molecule has 2 aromatic rings. The van der Waals surface area contributed by atoms with E-state index in [1.807, 2.05) is 0 Å². The zero-order chi connectivity index (χ0) is 25.5. The van der Waals surface area contributed by atoms with E-state index in [0.29, 0.717) is 11.0 Å². The number of hydrogen-bond donors (Lipinski definition) is 2. The number of hydrazine groups is 1. The molecule has 0 fully saturated rings. The Morgan fingerprint density at radius 2 is 2.00 bits per heavy atom. The largest absolute Gasteiger partial charge is 0.475 e. The summed E-state index contributed by atoms with van der Waals surface area (Å²) in [6.45, 7) is 0.517. The first-order valence-electron chi connectivity index (χ1n) is 9.75. The van der Waals surface area contributed by atoms with E-state index in [0.717, 1.165) is 17.5 Å². The molecule has 2 aliphatic heterocycles. The molecular weight excluding hydrogens is 486 g/mol. The van der Waals surface area contributed by atoms with E-state index in [4.69, 9.17) is 4.74 Å². The molecule has 4 heterocycles. The summed E-state index contributed by atoms with van der Waals surface area (Å²) in [5.74, 6) is -1.09. The molecule has 0 aromatic carbocycles. The highest BCUT2D eigenvalue weighted by Crippen LogP contribution is 2.41.